The Hall–Kier alpha value is -0.860. The third-order valence-corrected chi connectivity index (χ3v) is 4.13. The number of aryl methyl sites for hydroxylation is 2. The summed E-state index contributed by atoms with van der Waals surface area (Å²) >= 11 is 0. The third kappa shape index (κ3) is 7.10. The van der Waals surface area contributed by atoms with Crippen molar-refractivity contribution >= 4 is 0 Å². The molecule has 1 N–H and O–H groups in total. The van der Waals surface area contributed by atoms with E-state index in [-0.39, 0.29) is 0 Å². The molecule has 0 heterocycles. The van der Waals surface area contributed by atoms with Crippen molar-refractivity contribution in [2.45, 2.75) is 59.9 Å². The minimum atomic E-state index is 0.590. The van der Waals surface area contributed by atoms with Crippen LogP contribution >= 0.6 is 0 Å². The first-order valence-corrected chi connectivity index (χ1v) is 8.61. The molecule has 0 spiro atoms. The predicted molar refractivity (Wildman–Crippen MR) is 94.1 cm³/mol. The van der Waals surface area contributed by atoms with Crippen molar-refractivity contribution < 1.29 is 0 Å². The fourth-order valence-electron chi connectivity index (χ4n) is 2.97. The zero-order valence-corrected chi connectivity index (χ0v) is 14.7. The first-order valence-electron chi connectivity index (χ1n) is 8.61. The van der Waals surface area contributed by atoms with Crippen LogP contribution in [0.15, 0.2) is 18.2 Å². The molecular weight excluding hydrogens is 256 g/mol. The summed E-state index contributed by atoms with van der Waals surface area (Å²) in [6, 6.07) is 7.52. The van der Waals surface area contributed by atoms with Crippen molar-refractivity contribution in [3.63, 3.8) is 0 Å². The second kappa shape index (κ2) is 9.97. The van der Waals surface area contributed by atoms with Crippen LogP contribution in [-0.4, -0.2) is 37.1 Å². The van der Waals surface area contributed by atoms with Gasteiger partial charge in [0, 0.05) is 6.04 Å². The van der Waals surface area contributed by atoms with Gasteiger partial charge in [-0.15, -0.1) is 0 Å². The lowest BCUT2D eigenvalue weighted by atomic mass is 9.99. The van der Waals surface area contributed by atoms with E-state index in [9.17, 15) is 0 Å². The lowest BCUT2D eigenvalue weighted by molar-refractivity contribution is 0.280. The molecule has 0 radical (unpaired) electrons. The normalized spacial score (nSPS) is 12.9. The number of benzene rings is 1. The van der Waals surface area contributed by atoms with Crippen LogP contribution in [0, 0.1) is 13.8 Å². The molecule has 21 heavy (non-hydrogen) atoms. The minimum Gasteiger partial charge on any atom is -0.314 e. The molecule has 0 bridgehead atoms. The molecule has 0 aromatic heterocycles. The third-order valence-electron chi connectivity index (χ3n) is 4.13. The summed E-state index contributed by atoms with van der Waals surface area (Å²) in [5.74, 6) is 0. The van der Waals surface area contributed by atoms with E-state index in [1.54, 1.807) is 0 Å². The Morgan fingerprint density at radius 3 is 2.14 bits per heavy atom. The number of nitrogens with zero attached hydrogens (tertiary/aromatic N) is 1. The van der Waals surface area contributed by atoms with Gasteiger partial charge in [-0.05, 0) is 64.9 Å². The van der Waals surface area contributed by atoms with Crippen LogP contribution in [0.3, 0.4) is 0 Å². The molecule has 0 aliphatic carbocycles. The first kappa shape index (κ1) is 18.2. The first-order chi connectivity index (χ1) is 10.1. The summed E-state index contributed by atoms with van der Waals surface area (Å²) in [6.45, 7) is 15.8. The molecule has 0 aliphatic rings. The van der Waals surface area contributed by atoms with Crippen LogP contribution in [-0.2, 0) is 6.42 Å². The Labute approximate surface area is 131 Å². The second-order valence-electron chi connectivity index (χ2n) is 6.17. The van der Waals surface area contributed by atoms with Crippen LogP contribution in [0.2, 0.25) is 0 Å². The van der Waals surface area contributed by atoms with Gasteiger partial charge in [0.15, 0.2) is 0 Å². The number of hydrogen-bond acceptors (Lipinski definition) is 2. The average molecular weight is 290 g/mol. The van der Waals surface area contributed by atoms with Gasteiger partial charge in [0.2, 0.25) is 0 Å². The summed E-state index contributed by atoms with van der Waals surface area (Å²) in [4.78, 5) is 2.52. The van der Waals surface area contributed by atoms with Gasteiger partial charge in [-0.1, -0.05) is 50.1 Å². The summed E-state index contributed by atoms with van der Waals surface area (Å²) in [6.07, 6.45) is 3.58. The molecule has 2 heteroatoms. The molecule has 0 saturated carbocycles. The van der Waals surface area contributed by atoms with Crippen molar-refractivity contribution in [2.75, 3.05) is 26.2 Å². The van der Waals surface area contributed by atoms with Crippen LogP contribution < -0.4 is 5.32 Å². The van der Waals surface area contributed by atoms with Gasteiger partial charge in [-0.2, -0.15) is 0 Å². The SMILES string of the molecule is CCCNC(CCN(CC)CC)Cc1cc(C)cc(C)c1. The zero-order valence-electron chi connectivity index (χ0n) is 14.7. The van der Waals surface area contributed by atoms with Crippen LogP contribution in [0.4, 0.5) is 0 Å². The van der Waals surface area contributed by atoms with Crippen LogP contribution in [0.1, 0.15) is 50.3 Å². The summed E-state index contributed by atoms with van der Waals surface area (Å²) in [5, 5.41) is 3.73. The standard InChI is InChI=1S/C19H34N2/c1-6-10-20-19(9-11-21(7-2)8-3)15-18-13-16(4)12-17(5)14-18/h12-14,19-20H,6-11,15H2,1-5H3. The topological polar surface area (TPSA) is 15.3 Å². The van der Waals surface area contributed by atoms with Gasteiger partial charge < -0.3 is 10.2 Å². The molecule has 1 atom stereocenters. The Morgan fingerprint density at radius 1 is 1.00 bits per heavy atom. The molecule has 120 valence electrons. The Morgan fingerprint density at radius 2 is 1.62 bits per heavy atom. The van der Waals surface area contributed by atoms with Crippen molar-refractivity contribution in [2.24, 2.45) is 0 Å². The average Bonchev–Trinajstić information content (AvgIpc) is 2.44. The Kier molecular flexibility index (Phi) is 8.63. The van der Waals surface area contributed by atoms with Gasteiger partial charge in [-0.25, -0.2) is 0 Å². The summed E-state index contributed by atoms with van der Waals surface area (Å²) in [5.41, 5.74) is 4.23. The zero-order chi connectivity index (χ0) is 15.7. The number of hydrogen-bond donors (Lipinski definition) is 1. The highest BCUT2D eigenvalue weighted by atomic mass is 15.1. The van der Waals surface area contributed by atoms with E-state index in [0.717, 1.165) is 26.1 Å². The second-order valence-corrected chi connectivity index (χ2v) is 6.17. The maximum Gasteiger partial charge on any atom is 0.0120 e. The molecular formula is C19H34N2. The van der Waals surface area contributed by atoms with E-state index in [4.69, 9.17) is 0 Å². The number of nitrogens with one attached hydrogen (secondary N) is 1. The van der Waals surface area contributed by atoms with Gasteiger partial charge in [0.05, 0.1) is 0 Å². The number of rotatable bonds is 10. The van der Waals surface area contributed by atoms with Gasteiger partial charge in [-0.3, -0.25) is 0 Å². The Bertz CT molecular complexity index is 376. The summed E-state index contributed by atoms with van der Waals surface area (Å²) in [7, 11) is 0. The maximum atomic E-state index is 3.73. The van der Waals surface area contributed by atoms with Crippen molar-refractivity contribution in [3.05, 3.63) is 34.9 Å². The van der Waals surface area contributed by atoms with Crippen molar-refractivity contribution in [1.82, 2.24) is 10.2 Å². The molecule has 1 unspecified atom stereocenters. The maximum absolute atomic E-state index is 3.73. The Balaban J connectivity index is 2.63. The van der Waals surface area contributed by atoms with Crippen LogP contribution in [0.25, 0.3) is 0 Å². The molecule has 1 aromatic rings. The van der Waals surface area contributed by atoms with Gasteiger partial charge in [0.25, 0.3) is 0 Å². The largest absolute Gasteiger partial charge is 0.314 e. The molecule has 2 nitrogen and oxygen atoms in total. The highest BCUT2D eigenvalue weighted by Gasteiger charge is 2.11. The van der Waals surface area contributed by atoms with Gasteiger partial charge >= 0.3 is 0 Å². The van der Waals surface area contributed by atoms with Crippen molar-refractivity contribution in [1.29, 1.82) is 0 Å². The highest BCUT2D eigenvalue weighted by Crippen LogP contribution is 2.12. The van der Waals surface area contributed by atoms with E-state index in [2.05, 4.69) is 63.0 Å². The fraction of sp³-hybridized carbons (Fsp3) is 0.684. The van der Waals surface area contributed by atoms with E-state index in [1.165, 1.54) is 36.1 Å². The minimum absolute atomic E-state index is 0.590. The van der Waals surface area contributed by atoms with Crippen LogP contribution in [0.5, 0.6) is 0 Å². The monoisotopic (exact) mass is 290 g/mol. The molecule has 0 saturated heterocycles. The van der Waals surface area contributed by atoms with E-state index in [0.29, 0.717) is 6.04 Å². The van der Waals surface area contributed by atoms with E-state index in [1.807, 2.05) is 0 Å². The summed E-state index contributed by atoms with van der Waals surface area (Å²) < 4.78 is 0. The molecule has 1 aromatic carbocycles. The molecule has 0 aliphatic heterocycles. The van der Waals surface area contributed by atoms with E-state index < -0.39 is 0 Å². The van der Waals surface area contributed by atoms with Crippen molar-refractivity contribution in [3.8, 4) is 0 Å². The highest BCUT2D eigenvalue weighted by molar-refractivity contribution is 5.29. The van der Waals surface area contributed by atoms with E-state index >= 15 is 0 Å². The van der Waals surface area contributed by atoms with Gasteiger partial charge in [0.1, 0.15) is 0 Å². The predicted octanol–water partition coefficient (Wildman–Crippen LogP) is 3.95. The lowest BCUT2D eigenvalue weighted by Crippen LogP contribution is -2.36. The fourth-order valence-corrected chi connectivity index (χ4v) is 2.97. The quantitative estimate of drug-likeness (QED) is 0.702. The lowest BCUT2D eigenvalue weighted by Gasteiger charge is -2.24. The molecule has 0 amide bonds. The molecule has 0 fully saturated rings. The smallest absolute Gasteiger partial charge is 0.0120 e. The molecule has 1 rings (SSSR count).